The predicted octanol–water partition coefficient (Wildman–Crippen LogP) is 4.16. The van der Waals surface area contributed by atoms with Crippen molar-refractivity contribution in [1.82, 2.24) is 5.32 Å². The normalized spacial score (nSPS) is 24.8. The van der Waals surface area contributed by atoms with E-state index < -0.39 is 0 Å². The Morgan fingerprint density at radius 2 is 1.83 bits per heavy atom. The molecule has 1 aliphatic heterocycles. The largest absolute Gasteiger partial charge is 0.311 e. The van der Waals surface area contributed by atoms with Crippen LogP contribution in [0.1, 0.15) is 55.7 Å². The van der Waals surface area contributed by atoms with Crippen molar-refractivity contribution in [3.63, 3.8) is 0 Å². The molecule has 1 heterocycles. The van der Waals surface area contributed by atoms with Gasteiger partial charge in [0.05, 0.1) is 0 Å². The van der Waals surface area contributed by atoms with Crippen LogP contribution in [-0.4, -0.2) is 12.1 Å². The molecule has 1 aliphatic rings. The molecule has 1 fully saturated rings. The topological polar surface area (TPSA) is 12.0 Å². The Morgan fingerprint density at radius 1 is 1.11 bits per heavy atom. The van der Waals surface area contributed by atoms with Gasteiger partial charge < -0.3 is 5.32 Å². The SMILES string of the molecule is CCC1(Cc2c(C)cccc2C)CCCCCN1. The Bertz CT molecular complexity index is 366. The molecule has 0 aliphatic carbocycles. The molecule has 1 aromatic carbocycles. The number of nitrogens with one attached hydrogen (secondary N) is 1. The number of rotatable bonds is 3. The van der Waals surface area contributed by atoms with Crippen molar-refractivity contribution < 1.29 is 0 Å². The minimum absolute atomic E-state index is 0.341. The van der Waals surface area contributed by atoms with E-state index in [1.54, 1.807) is 5.56 Å². The summed E-state index contributed by atoms with van der Waals surface area (Å²) in [7, 11) is 0. The first-order valence-corrected chi connectivity index (χ1v) is 7.47. The summed E-state index contributed by atoms with van der Waals surface area (Å²) in [5.41, 5.74) is 4.81. The molecule has 1 unspecified atom stereocenters. The summed E-state index contributed by atoms with van der Waals surface area (Å²) in [4.78, 5) is 0. The lowest BCUT2D eigenvalue weighted by molar-refractivity contribution is 0.301. The van der Waals surface area contributed by atoms with Gasteiger partial charge in [0, 0.05) is 5.54 Å². The highest BCUT2D eigenvalue weighted by atomic mass is 15.0. The second-order valence-electron chi connectivity index (χ2n) is 5.92. The molecule has 100 valence electrons. The van der Waals surface area contributed by atoms with Crippen molar-refractivity contribution in [3.8, 4) is 0 Å². The molecule has 1 N–H and O–H groups in total. The van der Waals surface area contributed by atoms with Crippen molar-refractivity contribution in [2.24, 2.45) is 0 Å². The van der Waals surface area contributed by atoms with E-state index in [4.69, 9.17) is 0 Å². The molecule has 18 heavy (non-hydrogen) atoms. The van der Waals surface area contributed by atoms with Gasteiger partial charge in [0.2, 0.25) is 0 Å². The van der Waals surface area contributed by atoms with Gasteiger partial charge in [-0.05, 0) is 62.8 Å². The van der Waals surface area contributed by atoms with Crippen molar-refractivity contribution in [3.05, 3.63) is 34.9 Å². The molecule has 1 atom stereocenters. The first-order valence-electron chi connectivity index (χ1n) is 7.47. The summed E-state index contributed by atoms with van der Waals surface area (Å²) in [5.74, 6) is 0. The average molecular weight is 245 g/mol. The smallest absolute Gasteiger partial charge is 0.0219 e. The van der Waals surface area contributed by atoms with Crippen molar-refractivity contribution in [1.29, 1.82) is 0 Å². The van der Waals surface area contributed by atoms with Crippen LogP contribution in [0.5, 0.6) is 0 Å². The van der Waals surface area contributed by atoms with Gasteiger partial charge in [-0.2, -0.15) is 0 Å². The summed E-state index contributed by atoms with van der Waals surface area (Å²) in [6.45, 7) is 8.04. The molecule has 0 saturated carbocycles. The fraction of sp³-hybridized carbons (Fsp3) is 0.647. The lowest BCUT2D eigenvalue weighted by atomic mass is 9.82. The van der Waals surface area contributed by atoms with Gasteiger partial charge in [-0.15, -0.1) is 0 Å². The van der Waals surface area contributed by atoms with Crippen LogP contribution in [0.15, 0.2) is 18.2 Å². The van der Waals surface area contributed by atoms with E-state index in [1.807, 2.05) is 0 Å². The van der Waals surface area contributed by atoms with Crippen LogP contribution in [0.2, 0.25) is 0 Å². The average Bonchev–Trinajstić information content (AvgIpc) is 2.60. The quantitative estimate of drug-likeness (QED) is 0.843. The number of benzene rings is 1. The standard InChI is InChI=1S/C17H27N/c1-4-17(11-6-5-7-12-18-17)13-16-14(2)9-8-10-15(16)3/h8-10,18H,4-7,11-13H2,1-3H3. The zero-order chi connectivity index (χ0) is 13.0. The van der Waals surface area contributed by atoms with E-state index in [9.17, 15) is 0 Å². The van der Waals surface area contributed by atoms with Crippen LogP contribution in [0.25, 0.3) is 0 Å². The Balaban J connectivity index is 2.23. The summed E-state index contributed by atoms with van der Waals surface area (Å²) in [6.07, 6.45) is 7.88. The van der Waals surface area contributed by atoms with Crippen LogP contribution < -0.4 is 5.32 Å². The zero-order valence-electron chi connectivity index (χ0n) is 12.2. The molecule has 1 heteroatoms. The van der Waals surface area contributed by atoms with E-state index in [0.717, 1.165) is 0 Å². The van der Waals surface area contributed by atoms with E-state index >= 15 is 0 Å². The second-order valence-corrected chi connectivity index (χ2v) is 5.92. The van der Waals surface area contributed by atoms with Gasteiger partial charge in [0.1, 0.15) is 0 Å². The van der Waals surface area contributed by atoms with Gasteiger partial charge in [0.25, 0.3) is 0 Å². The summed E-state index contributed by atoms with van der Waals surface area (Å²) in [5, 5.41) is 3.85. The van der Waals surface area contributed by atoms with E-state index in [0.29, 0.717) is 5.54 Å². The van der Waals surface area contributed by atoms with Crippen LogP contribution >= 0.6 is 0 Å². The van der Waals surface area contributed by atoms with E-state index in [2.05, 4.69) is 44.3 Å². The molecule has 0 bridgehead atoms. The van der Waals surface area contributed by atoms with Gasteiger partial charge in [-0.25, -0.2) is 0 Å². The first-order chi connectivity index (χ1) is 8.67. The number of hydrogen-bond donors (Lipinski definition) is 1. The number of hydrogen-bond acceptors (Lipinski definition) is 1. The molecule has 0 amide bonds. The maximum Gasteiger partial charge on any atom is 0.0219 e. The van der Waals surface area contributed by atoms with Crippen LogP contribution in [-0.2, 0) is 6.42 Å². The highest BCUT2D eigenvalue weighted by Crippen LogP contribution is 2.29. The van der Waals surface area contributed by atoms with E-state index in [1.165, 1.54) is 56.2 Å². The van der Waals surface area contributed by atoms with Gasteiger partial charge in [-0.3, -0.25) is 0 Å². The predicted molar refractivity (Wildman–Crippen MR) is 79.1 cm³/mol. The van der Waals surface area contributed by atoms with E-state index in [-0.39, 0.29) is 0 Å². The lowest BCUT2D eigenvalue weighted by Gasteiger charge is -2.34. The molecule has 1 aromatic rings. The maximum atomic E-state index is 3.85. The number of aryl methyl sites for hydroxylation is 2. The van der Waals surface area contributed by atoms with Crippen LogP contribution in [0.4, 0.5) is 0 Å². The Labute approximate surface area is 112 Å². The fourth-order valence-corrected chi connectivity index (χ4v) is 3.25. The Kier molecular flexibility index (Phi) is 4.45. The third kappa shape index (κ3) is 2.95. The molecule has 2 rings (SSSR count). The molecule has 1 nitrogen and oxygen atoms in total. The Hall–Kier alpha value is -0.820. The zero-order valence-corrected chi connectivity index (χ0v) is 12.2. The molecular formula is C17H27N. The molecular weight excluding hydrogens is 218 g/mol. The third-order valence-corrected chi connectivity index (χ3v) is 4.67. The minimum atomic E-state index is 0.341. The second kappa shape index (κ2) is 5.88. The van der Waals surface area contributed by atoms with Gasteiger partial charge in [-0.1, -0.05) is 38.0 Å². The first kappa shape index (κ1) is 13.6. The fourth-order valence-electron chi connectivity index (χ4n) is 3.25. The highest BCUT2D eigenvalue weighted by molar-refractivity contribution is 5.35. The third-order valence-electron chi connectivity index (χ3n) is 4.67. The molecule has 0 spiro atoms. The summed E-state index contributed by atoms with van der Waals surface area (Å²) in [6, 6.07) is 6.68. The monoisotopic (exact) mass is 245 g/mol. The molecule has 0 aromatic heterocycles. The van der Waals surface area contributed by atoms with Crippen molar-refractivity contribution >= 4 is 0 Å². The van der Waals surface area contributed by atoms with Crippen molar-refractivity contribution in [2.75, 3.05) is 6.54 Å². The van der Waals surface area contributed by atoms with Gasteiger partial charge >= 0.3 is 0 Å². The Morgan fingerprint density at radius 3 is 2.50 bits per heavy atom. The summed E-state index contributed by atoms with van der Waals surface area (Å²) >= 11 is 0. The van der Waals surface area contributed by atoms with Crippen molar-refractivity contribution in [2.45, 2.75) is 64.8 Å². The van der Waals surface area contributed by atoms with Crippen LogP contribution in [0.3, 0.4) is 0 Å². The van der Waals surface area contributed by atoms with Crippen LogP contribution in [0, 0.1) is 13.8 Å². The lowest BCUT2D eigenvalue weighted by Crippen LogP contribution is -2.46. The maximum absolute atomic E-state index is 3.85. The summed E-state index contributed by atoms with van der Waals surface area (Å²) < 4.78 is 0. The van der Waals surface area contributed by atoms with Gasteiger partial charge in [0.15, 0.2) is 0 Å². The minimum Gasteiger partial charge on any atom is -0.311 e. The molecule has 0 radical (unpaired) electrons. The highest BCUT2D eigenvalue weighted by Gasteiger charge is 2.29. The molecule has 1 saturated heterocycles.